The average molecular weight is 280 g/mol. The van der Waals surface area contributed by atoms with Crippen LogP contribution < -0.4 is 5.32 Å². The van der Waals surface area contributed by atoms with Gasteiger partial charge in [0, 0.05) is 18.8 Å². The molecule has 0 bridgehead atoms. The number of nitrogens with zero attached hydrogens (tertiary/aromatic N) is 3. The van der Waals surface area contributed by atoms with E-state index in [-0.39, 0.29) is 18.0 Å². The molecule has 1 aromatic heterocycles. The molecule has 7 heteroatoms. The summed E-state index contributed by atoms with van der Waals surface area (Å²) in [4.78, 5) is 24.8. The van der Waals surface area contributed by atoms with Crippen molar-refractivity contribution in [3.8, 4) is 0 Å². The number of nitrogens with one attached hydrogen (secondary N) is 1. The molecule has 0 spiro atoms. The van der Waals surface area contributed by atoms with Crippen molar-refractivity contribution in [1.29, 1.82) is 0 Å². The fourth-order valence-electron chi connectivity index (χ4n) is 2.43. The monoisotopic (exact) mass is 280 g/mol. The van der Waals surface area contributed by atoms with Gasteiger partial charge >= 0.3 is 12.0 Å². The molecule has 110 valence electrons. The average Bonchev–Trinajstić information content (AvgIpc) is 2.95. The first-order valence-corrected chi connectivity index (χ1v) is 6.74. The van der Waals surface area contributed by atoms with Crippen molar-refractivity contribution in [3.05, 3.63) is 12.4 Å². The quantitative estimate of drug-likeness (QED) is 0.883. The normalized spacial score (nSPS) is 22.3. The van der Waals surface area contributed by atoms with Gasteiger partial charge in [-0.2, -0.15) is 5.10 Å². The highest BCUT2D eigenvalue weighted by Gasteiger charge is 2.39. The van der Waals surface area contributed by atoms with Gasteiger partial charge in [-0.15, -0.1) is 0 Å². The number of urea groups is 1. The van der Waals surface area contributed by atoms with Crippen molar-refractivity contribution < 1.29 is 14.7 Å². The molecule has 0 radical (unpaired) electrons. The molecule has 1 aliphatic rings. The fraction of sp³-hybridized carbons (Fsp3) is 0.615. The molecular formula is C13H20N4O3. The molecule has 2 amide bonds. The lowest BCUT2D eigenvalue weighted by Crippen LogP contribution is -2.44. The van der Waals surface area contributed by atoms with Crippen molar-refractivity contribution in [2.75, 3.05) is 11.9 Å². The van der Waals surface area contributed by atoms with Gasteiger partial charge in [-0.05, 0) is 26.2 Å². The Kier molecular flexibility index (Phi) is 3.96. The van der Waals surface area contributed by atoms with Gasteiger partial charge in [0.05, 0.1) is 11.9 Å². The van der Waals surface area contributed by atoms with Gasteiger partial charge in [0.2, 0.25) is 0 Å². The maximum atomic E-state index is 12.2. The maximum absolute atomic E-state index is 12.2. The van der Waals surface area contributed by atoms with Crippen molar-refractivity contribution in [1.82, 2.24) is 14.7 Å². The minimum Gasteiger partial charge on any atom is -0.480 e. The van der Waals surface area contributed by atoms with Crippen LogP contribution in [-0.4, -0.2) is 44.4 Å². The van der Waals surface area contributed by atoms with Crippen LogP contribution in [0.15, 0.2) is 12.4 Å². The molecule has 20 heavy (non-hydrogen) atoms. The number of likely N-dealkylation sites (tertiary alicyclic amines) is 1. The van der Waals surface area contributed by atoms with Gasteiger partial charge in [0.25, 0.3) is 0 Å². The summed E-state index contributed by atoms with van der Waals surface area (Å²) >= 11 is 0. The second-order valence-corrected chi connectivity index (χ2v) is 5.48. The highest BCUT2D eigenvalue weighted by Crippen LogP contribution is 2.25. The lowest BCUT2D eigenvalue weighted by molar-refractivity contribution is -0.142. The molecule has 1 fully saturated rings. The van der Waals surface area contributed by atoms with Gasteiger partial charge in [0.1, 0.15) is 6.04 Å². The highest BCUT2D eigenvalue weighted by molar-refractivity contribution is 5.92. The molecule has 0 aliphatic carbocycles. The number of carboxylic acid groups (broad SMARTS) is 1. The number of carboxylic acids is 1. The molecule has 2 rings (SSSR count). The summed E-state index contributed by atoms with van der Waals surface area (Å²) in [5.41, 5.74) is 0.576. The number of aliphatic carboxylic acids is 1. The standard InChI is InChI=1S/C13H20N4O3/c1-8(2)17-7-10(6-14-17)15-13(20)16-5-4-9(3)11(16)12(18)19/h6-9,11H,4-5H2,1-3H3,(H,15,20)(H,18,19). The van der Waals surface area contributed by atoms with Gasteiger partial charge in [-0.25, -0.2) is 9.59 Å². The van der Waals surface area contributed by atoms with E-state index >= 15 is 0 Å². The number of rotatable bonds is 3. The molecular weight excluding hydrogens is 260 g/mol. The predicted molar refractivity (Wildman–Crippen MR) is 73.5 cm³/mol. The van der Waals surface area contributed by atoms with E-state index in [4.69, 9.17) is 0 Å². The van der Waals surface area contributed by atoms with Crippen molar-refractivity contribution in [2.45, 2.75) is 39.3 Å². The van der Waals surface area contributed by atoms with Gasteiger partial charge in [-0.3, -0.25) is 4.68 Å². The van der Waals surface area contributed by atoms with Gasteiger partial charge < -0.3 is 15.3 Å². The summed E-state index contributed by atoms with van der Waals surface area (Å²) in [5.74, 6) is -0.986. The Bertz CT molecular complexity index is 511. The zero-order valence-corrected chi connectivity index (χ0v) is 11.9. The number of carbonyl (C=O) groups is 2. The van der Waals surface area contributed by atoms with Crippen molar-refractivity contribution in [2.24, 2.45) is 5.92 Å². The predicted octanol–water partition coefficient (Wildman–Crippen LogP) is 1.79. The first-order chi connectivity index (χ1) is 9.40. The van der Waals surface area contributed by atoms with E-state index < -0.39 is 12.0 Å². The van der Waals surface area contributed by atoms with Crippen LogP contribution in [0.5, 0.6) is 0 Å². The molecule has 2 atom stereocenters. The molecule has 0 aromatic carbocycles. The second kappa shape index (κ2) is 5.52. The summed E-state index contributed by atoms with van der Waals surface area (Å²) in [6.07, 6.45) is 4.00. The van der Waals surface area contributed by atoms with E-state index in [9.17, 15) is 14.7 Å². The van der Waals surface area contributed by atoms with E-state index in [1.54, 1.807) is 17.1 Å². The molecule has 1 saturated heterocycles. The van der Waals surface area contributed by atoms with Crippen LogP contribution in [0, 0.1) is 5.92 Å². The van der Waals surface area contributed by atoms with Crippen molar-refractivity contribution >= 4 is 17.7 Å². The summed E-state index contributed by atoms with van der Waals surface area (Å²) in [7, 11) is 0. The topological polar surface area (TPSA) is 87.5 Å². The van der Waals surface area contributed by atoms with Crippen LogP contribution in [0.25, 0.3) is 0 Å². The van der Waals surface area contributed by atoms with E-state index in [1.807, 2.05) is 20.8 Å². The second-order valence-electron chi connectivity index (χ2n) is 5.48. The fourth-order valence-corrected chi connectivity index (χ4v) is 2.43. The Morgan fingerprint density at radius 3 is 2.75 bits per heavy atom. The SMILES string of the molecule is CC1CCN(C(=O)Nc2cnn(C(C)C)c2)C1C(=O)O. The van der Waals surface area contributed by atoms with Crippen LogP contribution in [0.2, 0.25) is 0 Å². The van der Waals surface area contributed by atoms with Gasteiger partial charge in [0.15, 0.2) is 0 Å². The Morgan fingerprint density at radius 2 is 2.20 bits per heavy atom. The zero-order chi connectivity index (χ0) is 14.9. The molecule has 2 unspecified atom stereocenters. The van der Waals surface area contributed by atoms with E-state index in [1.165, 1.54) is 4.90 Å². The Hall–Kier alpha value is -2.05. The first-order valence-electron chi connectivity index (χ1n) is 6.74. The largest absolute Gasteiger partial charge is 0.480 e. The number of hydrogen-bond acceptors (Lipinski definition) is 3. The third-order valence-electron chi connectivity index (χ3n) is 3.60. The van der Waals surface area contributed by atoms with Crippen LogP contribution >= 0.6 is 0 Å². The van der Waals surface area contributed by atoms with Crippen LogP contribution in [0.4, 0.5) is 10.5 Å². The lowest BCUT2D eigenvalue weighted by Gasteiger charge is -2.23. The summed E-state index contributed by atoms with van der Waals surface area (Å²) < 4.78 is 1.73. The van der Waals surface area contributed by atoms with E-state index in [0.29, 0.717) is 18.7 Å². The Balaban J connectivity index is 2.05. The van der Waals surface area contributed by atoms with Crippen LogP contribution in [0.1, 0.15) is 33.2 Å². The van der Waals surface area contributed by atoms with E-state index in [0.717, 1.165) is 0 Å². The molecule has 1 aliphatic heterocycles. The highest BCUT2D eigenvalue weighted by atomic mass is 16.4. The summed E-state index contributed by atoms with van der Waals surface area (Å²) in [5, 5.41) is 16.0. The number of aromatic nitrogens is 2. The zero-order valence-electron chi connectivity index (χ0n) is 11.9. The van der Waals surface area contributed by atoms with Crippen molar-refractivity contribution in [3.63, 3.8) is 0 Å². The molecule has 7 nitrogen and oxygen atoms in total. The molecule has 0 saturated carbocycles. The number of hydrogen-bond donors (Lipinski definition) is 2. The summed E-state index contributed by atoms with van der Waals surface area (Å²) in [6.45, 7) is 6.29. The molecule has 2 N–H and O–H groups in total. The third-order valence-corrected chi connectivity index (χ3v) is 3.60. The smallest absolute Gasteiger partial charge is 0.326 e. The Morgan fingerprint density at radius 1 is 1.50 bits per heavy atom. The van der Waals surface area contributed by atoms with E-state index in [2.05, 4.69) is 10.4 Å². The minimum absolute atomic E-state index is 0.0309. The van der Waals surface area contributed by atoms with Crippen LogP contribution in [-0.2, 0) is 4.79 Å². The van der Waals surface area contributed by atoms with Crippen LogP contribution in [0.3, 0.4) is 0 Å². The lowest BCUT2D eigenvalue weighted by atomic mass is 10.0. The number of amides is 2. The maximum Gasteiger partial charge on any atom is 0.326 e. The van der Waals surface area contributed by atoms with Gasteiger partial charge in [-0.1, -0.05) is 6.92 Å². The first kappa shape index (κ1) is 14.4. The molecule has 2 heterocycles. The summed E-state index contributed by atoms with van der Waals surface area (Å²) in [6, 6.07) is -0.931. The number of carbonyl (C=O) groups excluding carboxylic acids is 1. The number of anilines is 1. The molecule has 1 aromatic rings. The third kappa shape index (κ3) is 2.76. The minimum atomic E-state index is -0.956. The Labute approximate surface area is 117 Å².